The Kier molecular flexibility index (Phi) is 7.42. The minimum absolute atomic E-state index is 0.0592. The highest BCUT2D eigenvalue weighted by molar-refractivity contribution is 9.11. The summed E-state index contributed by atoms with van der Waals surface area (Å²) in [7, 11) is 1.85. The Morgan fingerprint density at radius 3 is 2.53 bits per heavy atom. The first-order chi connectivity index (χ1) is 8.95. The van der Waals surface area contributed by atoms with E-state index in [-0.39, 0.29) is 6.04 Å². The van der Waals surface area contributed by atoms with E-state index in [1.54, 1.807) is 0 Å². The Bertz CT molecular complexity index is 416. The quantitative estimate of drug-likeness (QED) is 0.682. The largest absolute Gasteiger partial charge is 0.375 e. The lowest BCUT2D eigenvalue weighted by molar-refractivity contribution is 0.0145. The zero-order valence-corrected chi connectivity index (χ0v) is 14.0. The fraction of sp³-hybridized carbons (Fsp3) is 0.538. The van der Waals surface area contributed by atoms with E-state index in [1.807, 2.05) is 26.1 Å². The van der Waals surface area contributed by atoms with Gasteiger partial charge in [-0.25, -0.2) is 8.78 Å². The normalized spacial score (nSPS) is 13.0. The van der Waals surface area contributed by atoms with Crippen molar-refractivity contribution in [3.63, 3.8) is 0 Å². The molecule has 1 rings (SSSR count). The molecule has 1 N–H and O–H groups in total. The molecule has 1 aromatic rings. The number of aryl methyl sites for hydroxylation is 1. The van der Waals surface area contributed by atoms with Gasteiger partial charge in [0.15, 0.2) is 0 Å². The summed E-state index contributed by atoms with van der Waals surface area (Å²) in [5, 5.41) is 3.18. The Hall–Kier alpha value is -0.0400. The Balaban J connectivity index is 2.67. The fourth-order valence-corrected chi connectivity index (χ4v) is 2.85. The third-order valence-corrected chi connectivity index (χ3v) is 4.34. The maximum absolute atomic E-state index is 12.0. The van der Waals surface area contributed by atoms with Crippen LogP contribution in [0.15, 0.2) is 21.1 Å². The van der Waals surface area contributed by atoms with Crippen LogP contribution >= 0.6 is 31.9 Å². The van der Waals surface area contributed by atoms with E-state index >= 15 is 0 Å². The van der Waals surface area contributed by atoms with Crippen LogP contribution in [0.4, 0.5) is 8.78 Å². The molecule has 1 aromatic carbocycles. The second-order valence-corrected chi connectivity index (χ2v) is 5.93. The summed E-state index contributed by atoms with van der Waals surface area (Å²) in [5.41, 5.74) is 2.22. The third-order valence-electron chi connectivity index (χ3n) is 2.80. The molecule has 1 unspecified atom stereocenters. The molecular weight excluding hydrogens is 384 g/mol. The first-order valence-corrected chi connectivity index (χ1v) is 7.53. The maximum atomic E-state index is 12.0. The van der Waals surface area contributed by atoms with Crippen molar-refractivity contribution >= 4 is 31.9 Å². The van der Waals surface area contributed by atoms with Crippen LogP contribution in [0.3, 0.4) is 0 Å². The van der Waals surface area contributed by atoms with Crippen molar-refractivity contribution in [2.45, 2.75) is 25.8 Å². The van der Waals surface area contributed by atoms with Gasteiger partial charge in [-0.3, -0.25) is 0 Å². The monoisotopic (exact) mass is 399 g/mol. The molecule has 0 fully saturated rings. The predicted octanol–water partition coefficient (Wildman–Crippen LogP) is 4.45. The number of halogens is 4. The van der Waals surface area contributed by atoms with Gasteiger partial charge in [0.05, 0.1) is 0 Å². The smallest absolute Gasteiger partial charge is 0.261 e. The van der Waals surface area contributed by atoms with Crippen LogP contribution in [0, 0.1) is 6.92 Å². The second-order valence-electron chi connectivity index (χ2n) is 4.22. The highest BCUT2D eigenvalue weighted by Gasteiger charge is 2.14. The Morgan fingerprint density at radius 1 is 1.26 bits per heavy atom. The minimum Gasteiger partial charge on any atom is -0.375 e. The molecule has 0 bridgehead atoms. The maximum Gasteiger partial charge on any atom is 0.261 e. The van der Waals surface area contributed by atoms with Crippen LogP contribution in [0.5, 0.6) is 0 Å². The molecule has 0 heterocycles. The summed E-state index contributed by atoms with van der Waals surface area (Å²) < 4.78 is 30.9. The molecule has 0 aliphatic carbocycles. The standard InChI is InChI=1S/C13H17Br2F2NO/c1-8-5-11(15)9(6-10(8)14)12(18-2)3-4-19-7-13(16)17/h5-6,12-13,18H,3-4,7H2,1-2H3. The Morgan fingerprint density at radius 2 is 1.95 bits per heavy atom. The molecule has 0 radical (unpaired) electrons. The van der Waals surface area contributed by atoms with Gasteiger partial charge in [0, 0.05) is 21.6 Å². The predicted molar refractivity (Wildman–Crippen MR) is 79.8 cm³/mol. The Labute approximate surface area is 129 Å². The fourth-order valence-electron chi connectivity index (χ4n) is 1.76. The lowest BCUT2D eigenvalue weighted by Gasteiger charge is -2.19. The van der Waals surface area contributed by atoms with Crippen LogP contribution in [0.2, 0.25) is 0 Å². The van der Waals surface area contributed by atoms with Gasteiger partial charge in [0.25, 0.3) is 6.43 Å². The summed E-state index contributed by atoms with van der Waals surface area (Å²) in [6.45, 7) is 1.81. The molecule has 0 saturated carbocycles. The van der Waals surface area contributed by atoms with Gasteiger partial charge in [0.2, 0.25) is 0 Å². The first kappa shape index (κ1) is 17.0. The van der Waals surface area contributed by atoms with Gasteiger partial charge in [-0.2, -0.15) is 0 Å². The van der Waals surface area contributed by atoms with Crippen molar-refractivity contribution in [3.05, 3.63) is 32.2 Å². The first-order valence-electron chi connectivity index (χ1n) is 5.94. The molecule has 0 spiro atoms. The van der Waals surface area contributed by atoms with E-state index in [0.29, 0.717) is 13.0 Å². The van der Waals surface area contributed by atoms with Gasteiger partial charge in [0.1, 0.15) is 6.61 Å². The van der Waals surface area contributed by atoms with Crippen molar-refractivity contribution in [1.29, 1.82) is 0 Å². The van der Waals surface area contributed by atoms with E-state index < -0.39 is 13.0 Å². The lowest BCUT2D eigenvalue weighted by atomic mass is 10.0. The highest BCUT2D eigenvalue weighted by atomic mass is 79.9. The van der Waals surface area contributed by atoms with Crippen molar-refractivity contribution in [2.24, 2.45) is 0 Å². The molecule has 0 saturated heterocycles. The average molecular weight is 401 g/mol. The average Bonchev–Trinajstić information content (AvgIpc) is 2.34. The van der Waals surface area contributed by atoms with Crippen molar-refractivity contribution in [3.8, 4) is 0 Å². The van der Waals surface area contributed by atoms with Crippen LogP contribution in [0.25, 0.3) is 0 Å². The summed E-state index contributed by atoms with van der Waals surface area (Å²) in [6.07, 6.45) is -1.77. The van der Waals surface area contributed by atoms with E-state index in [4.69, 9.17) is 4.74 Å². The molecule has 0 aliphatic heterocycles. The summed E-state index contributed by atoms with van der Waals surface area (Å²) in [5.74, 6) is 0. The SMILES string of the molecule is CNC(CCOCC(F)F)c1cc(Br)c(C)cc1Br. The molecule has 0 amide bonds. The highest BCUT2D eigenvalue weighted by Crippen LogP contribution is 2.31. The van der Waals surface area contributed by atoms with Crippen molar-refractivity contribution in [1.82, 2.24) is 5.32 Å². The molecular formula is C13H17Br2F2NO. The lowest BCUT2D eigenvalue weighted by Crippen LogP contribution is -2.19. The van der Waals surface area contributed by atoms with E-state index in [1.165, 1.54) is 0 Å². The van der Waals surface area contributed by atoms with Gasteiger partial charge in [-0.15, -0.1) is 0 Å². The number of nitrogens with one attached hydrogen (secondary N) is 1. The zero-order chi connectivity index (χ0) is 14.4. The van der Waals surface area contributed by atoms with E-state index in [9.17, 15) is 8.78 Å². The zero-order valence-electron chi connectivity index (χ0n) is 10.9. The summed E-state index contributed by atoms with van der Waals surface area (Å²) in [4.78, 5) is 0. The number of hydrogen-bond donors (Lipinski definition) is 1. The summed E-state index contributed by atoms with van der Waals surface area (Å²) >= 11 is 7.03. The van der Waals surface area contributed by atoms with E-state index in [0.717, 1.165) is 20.1 Å². The molecule has 0 aromatic heterocycles. The molecule has 19 heavy (non-hydrogen) atoms. The molecule has 108 valence electrons. The summed E-state index contributed by atoms with van der Waals surface area (Å²) in [6, 6.07) is 4.13. The van der Waals surface area contributed by atoms with Crippen molar-refractivity contribution < 1.29 is 13.5 Å². The number of rotatable bonds is 7. The van der Waals surface area contributed by atoms with Gasteiger partial charge < -0.3 is 10.1 Å². The second kappa shape index (κ2) is 8.29. The topological polar surface area (TPSA) is 21.3 Å². The van der Waals surface area contributed by atoms with Crippen LogP contribution in [-0.4, -0.2) is 26.7 Å². The number of benzene rings is 1. The van der Waals surface area contributed by atoms with Crippen LogP contribution < -0.4 is 5.32 Å². The molecule has 2 nitrogen and oxygen atoms in total. The minimum atomic E-state index is -2.41. The number of hydrogen-bond acceptors (Lipinski definition) is 2. The van der Waals surface area contributed by atoms with Crippen LogP contribution in [-0.2, 0) is 4.74 Å². The number of ether oxygens (including phenoxy) is 1. The molecule has 6 heteroatoms. The van der Waals surface area contributed by atoms with Crippen LogP contribution in [0.1, 0.15) is 23.6 Å². The number of alkyl halides is 2. The molecule has 1 atom stereocenters. The third kappa shape index (κ3) is 5.45. The molecule has 0 aliphatic rings. The van der Waals surface area contributed by atoms with Gasteiger partial charge in [-0.05, 0) is 43.7 Å². The van der Waals surface area contributed by atoms with Gasteiger partial charge in [-0.1, -0.05) is 31.9 Å². The van der Waals surface area contributed by atoms with E-state index in [2.05, 4.69) is 37.2 Å². The van der Waals surface area contributed by atoms with Crippen molar-refractivity contribution in [2.75, 3.05) is 20.3 Å². The van der Waals surface area contributed by atoms with Gasteiger partial charge >= 0.3 is 0 Å².